The third kappa shape index (κ3) is 3.51. The number of nitrogens with one attached hydrogen (secondary N) is 1. The number of nitro benzene ring substituents is 1. The highest BCUT2D eigenvalue weighted by Gasteiger charge is 2.17. The van der Waals surface area contributed by atoms with Gasteiger partial charge >= 0.3 is 0 Å². The summed E-state index contributed by atoms with van der Waals surface area (Å²) in [7, 11) is -3.85. The lowest BCUT2D eigenvalue weighted by Gasteiger charge is -2.08. The maximum atomic E-state index is 12.2. The molecule has 2 rings (SSSR count). The maximum absolute atomic E-state index is 12.2. The maximum Gasteiger partial charge on any atom is 0.269 e. The highest BCUT2D eigenvalue weighted by Crippen LogP contribution is 2.18. The number of non-ortho nitro benzene ring substituents is 1. The van der Waals surface area contributed by atoms with E-state index in [-0.39, 0.29) is 16.4 Å². The Bertz CT molecular complexity index is 767. The molecule has 0 radical (unpaired) electrons. The van der Waals surface area contributed by atoms with Crippen LogP contribution in [-0.2, 0) is 10.0 Å². The van der Waals surface area contributed by atoms with Gasteiger partial charge in [0, 0.05) is 23.9 Å². The van der Waals surface area contributed by atoms with Gasteiger partial charge in [0.25, 0.3) is 15.7 Å². The Morgan fingerprint density at radius 2 is 1.76 bits per heavy atom. The third-order valence-corrected chi connectivity index (χ3v) is 3.93. The van der Waals surface area contributed by atoms with Crippen LogP contribution in [-0.4, -0.2) is 23.3 Å². The predicted molar refractivity (Wildman–Crippen MR) is 75.4 cm³/mol. The normalized spacial score (nSPS) is 11.1. The molecule has 0 saturated heterocycles. The van der Waals surface area contributed by atoms with Gasteiger partial charge in [-0.2, -0.15) is 0 Å². The Labute approximate surface area is 121 Å². The summed E-state index contributed by atoms with van der Waals surface area (Å²) in [5.41, 5.74) is 0.451. The van der Waals surface area contributed by atoms with Crippen LogP contribution in [0.2, 0.25) is 0 Å². The highest BCUT2D eigenvalue weighted by atomic mass is 32.2. The number of rotatable bonds is 4. The number of benzene rings is 1. The molecular formula is C12H12N4O4S. The molecule has 0 spiro atoms. The zero-order valence-corrected chi connectivity index (χ0v) is 12.1. The number of hydrogen-bond acceptors (Lipinski definition) is 6. The molecule has 0 amide bonds. The summed E-state index contributed by atoms with van der Waals surface area (Å²) in [6.07, 6.45) is 0. The molecule has 1 heterocycles. The summed E-state index contributed by atoms with van der Waals surface area (Å²) < 4.78 is 26.6. The summed E-state index contributed by atoms with van der Waals surface area (Å²) in [4.78, 5) is 17.9. The van der Waals surface area contributed by atoms with Crippen LogP contribution in [0.1, 0.15) is 11.5 Å². The van der Waals surface area contributed by atoms with Crippen LogP contribution in [0.3, 0.4) is 0 Å². The molecule has 110 valence electrons. The van der Waals surface area contributed by atoms with E-state index in [9.17, 15) is 18.5 Å². The summed E-state index contributed by atoms with van der Waals surface area (Å²) in [6.45, 7) is 3.37. The number of nitrogens with zero attached hydrogens (tertiary/aromatic N) is 3. The minimum Gasteiger partial charge on any atom is -0.263 e. The van der Waals surface area contributed by atoms with Crippen molar-refractivity contribution < 1.29 is 13.3 Å². The third-order valence-electron chi connectivity index (χ3n) is 2.56. The fourth-order valence-electron chi connectivity index (χ4n) is 1.71. The fourth-order valence-corrected chi connectivity index (χ4v) is 2.70. The second-order valence-corrected chi connectivity index (χ2v) is 5.98. The molecule has 9 heteroatoms. The molecule has 1 aromatic carbocycles. The molecule has 0 aliphatic heterocycles. The topological polar surface area (TPSA) is 115 Å². The van der Waals surface area contributed by atoms with Crippen LogP contribution < -0.4 is 4.72 Å². The number of aryl methyl sites for hydroxylation is 2. The Morgan fingerprint density at radius 3 is 2.29 bits per heavy atom. The summed E-state index contributed by atoms with van der Waals surface area (Å²) in [5.74, 6) is 0.592. The first-order valence-electron chi connectivity index (χ1n) is 5.87. The van der Waals surface area contributed by atoms with Gasteiger partial charge in [0.1, 0.15) is 11.6 Å². The molecule has 0 aliphatic rings. The van der Waals surface area contributed by atoms with Crippen LogP contribution in [0, 0.1) is 24.0 Å². The van der Waals surface area contributed by atoms with Crippen LogP contribution in [0.25, 0.3) is 0 Å². The second-order valence-electron chi connectivity index (χ2n) is 4.30. The van der Waals surface area contributed by atoms with Crippen molar-refractivity contribution in [2.24, 2.45) is 0 Å². The van der Waals surface area contributed by atoms with Gasteiger partial charge in [-0.1, -0.05) is 0 Å². The zero-order chi connectivity index (χ0) is 15.6. The molecule has 0 bridgehead atoms. The van der Waals surface area contributed by atoms with Crippen LogP contribution in [0.4, 0.5) is 11.5 Å². The number of aromatic nitrogens is 2. The Morgan fingerprint density at radius 1 is 1.14 bits per heavy atom. The Hall–Kier alpha value is -2.55. The van der Waals surface area contributed by atoms with Crippen LogP contribution in [0.15, 0.2) is 35.2 Å². The number of anilines is 1. The van der Waals surface area contributed by atoms with Gasteiger partial charge in [-0.05, 0) is 26.0 Å². The lowest BCUT2D eigenvalue weighted by molar-refractivity contribution is -0.384. The molecule has 0 fully saturated rings. The van der Waals surface area contributed by atoms with Gasteiger partial charge < -0.3 is 0 Å². The van der Waals surface area contributed by atoms with E-state index in [1.54, 1.807) is 13.8 Å². The average molecular weight is 308 g/mol. The fraction of sp³-hybridized carbons (Fsp3) is 0.167. The van der Waals surface area contributed by atoms with Crippen LogP contribution >= 0.6 is 0 Å². The summed E-state index contributed by atoms with van der Waals surface area (Å²) in [6, 6.07) is 6.09. The van der Waals surface area contributed by atoms with Gasteiger partial charge in [-0.15, -0.1) is 0 Å². The molecule has 21 heavy (non-hydrogen) atoms. The molecule has 0 unspecified atom stereocenters. The van der Waals surface area contributed by atoms with E-state index in [4.69, 9.17) is 0 Å². The molecule has 1 aromatic heterocycles. The SMILES string of the molecule is Cc1cc(NS(=O)(=O)c2ccc([N+](=O)[O-])cc2)nc(C)n1. The van der Waals surface area contributed by atoms with E-state index in [0.29, 0.717) is 11.5 Å². The van der Waals surface area contributed by atoms with Crippen molar-refractivity contribution in [1.29, 1.82) is 0 Å². The van der Waals surface area contributed by atoms with Crippen molar-refractivity contribution in [3.05, 3.63) is 52.0 Å². The van der Waals surface area contributed by atoms with Gasteiger partial charge in [0.15, 0.2) is 0 Å². The van der Waals surface area contributed by atoms with Gasteiger partial charge in [-0.25, -0.2) is 18.4 Å². The smallest absolute Gasteiger partial charge is 0.263 e. The highest BCUT2D eigenvalue weighted by molar-refractivity contribution is 7.92. The Kier molecular flexibility index (Phi) is 3.85. The second kappa shape index (κ2) is 5.44. The molecule has 2 aromatic rings. The minimum absolute atomic E-state index is 0.0815. The predicted octanol–water partition coefficient (Wildman–Crippen LogP) is 1.80. The van der Waals surface area contributed by atoms with E-state index < -0.39 is 14.9 Å². The van der Waals surface area contributed by atoms with E-state index >= 15 is 0 Å². The van der Waals surface area contributed by atoms with E-state index in [1.165, 1.54) is 18.2 Å². The first-order valence-corrected chi connectivity index (χ1v) is 7.36. The van der Waals surface area contributed by atoms with Crippen LogP contribution in [0.5, 0.6) is 0 Å². The summed E-state index contributed by atoms with van der Waals surface area (Å²) >= 11 is 0. The lowest BCUT2D eigenvalue weighted by Crippen LogP contribution is -2.14. The monoisotopic (exact) mass is 308 g/mol. The van der Waals surface area contributed by atoms with E-state index in [0.717, 1.165) is 12.1 Å². The van der Waals surface area contributed by atoms with Gasteiger partial charge in [0.05, 0.1) is 9.82 Å². The van der Waals surface area contributed by atoms with Gasteiger partial charge in [0.2, 0.25) is 0 Å². The van der Waals surface area contributed by atoms with Crippen molar-refractivity contribution >= 4 is 21.5 Å². The molecule has 0 atom stereocenters. The average Bonchev–Trinajstić information content (AvgIpc) is 2.37. The van der Waals surface area contributed by atoms with Crippen molar-refractivity contribution in [2.45, 2.75) is 18.7 Å². The molecule has 1 N–H and O–H groups in total. The van der Waals surface area contributed by atoms with Crippen molar-refractivity contribution in [1.82, 2.24) is 9.97 Å². The molecule has 0 aliphatic carbocycles. The Balaban J connectivity index is 2.31. The van der Waals surface area contributed by atoms with Crippen molar-refractivity contribution in [3.8, 4) is 0 Å². The molecule has 0 saturated carbocycles. The zero-order valence-electron chi connectivity index (χ0n) is 11.3. The molecular weight excluding hydrogens is 296 g/mol. The largest absolute Gasteiger partial charge is 0.269 e. The van der Waals surface area contributed by atoms with E-state index in [1.807, 2.05) is 0 Å². The van der Waals surface area contributed by atoms with Crippen molar-refractivity contribution in [3.63, 3.8) is 0 Å². The minimum atomic E-state index is -3.85. The quantitative estimate of drug-likeness (QED) is 0.680. The number of hydrogen-bond donors (Lipinski definition) is 1. The van der Waals surface area contributed by atoms with Gasteiger partial charge in [-0.3, -0.25) is 14.8 Å². The van der Waals surface area contributed by atoms with Crippen molar-refractivity contribution in [2.75, 3.05) is 4.72 Å². The first-order chi connectivity index (χ1) is 9.78. The number of sulfonamides is 1. The lowest BCUT2D eigenvalue weighted by atomic mass is 10.3. The number of nitro groups is 1. The molecule has 8 nitrogen and oxygen atoms in total. The summed E-state index contributed by atoms with van der Waals surface area (Å²) in [5, 5.41) is 10.6. The first kappa shape index (κ1) is 14.9. The van der Waals surface area contributed by atoms with E-state index in [2.05, 4.69) is 14.7 Å². The standard InChI is InChI=1S/C12H12N4O4S/c1-8-7-12(14-9(2)13-8)15-21(19,20)11-5-3-10(4-6-11)16(17)18/h3-7H,1-2H3,(H,13,14,15).